The van der Waals surface area contributed by atoms with Crippen molar-refractivity contribution in [1.82, 2.24) is 10.3 Å². The van der Waals surface area contributed by atoms with Gasteiger partial charge in [0.2, 0.25) is 0 Å². The Morgan fingerprint density at radius 1 is 1.12 bits per heavy atom. The maximum atomic E-state index is 6.83. The van der Waals surface area contributed by atoms with Gasteiger partial charge in [-0.25, -0.2) is 0 Å². The van der Waals surface area contributed by atoms with Crippen LogP contribution < -0.4 is 15.1 Å². The quantitative estimate of drug-likeness (QED) is 0.428. The lowest BCUT2D eigenvalue weighted by Gasteiger charge is -2.33. The Hall–Kier alpha value is -2.15. The first-order valence-electron chi connectivity index (χ1n) is 11.1. The predicted molar refractivity (Wildman–Crippen MR) is 139 cm³/mol. The summed E-state index contributed by atoms with van der Waals surface area (Å²) in [5, 5.41) is 5.01. The number of hydrogen-bond donors (Lipinski definition) is 1. The molecule has 5 rings (SSSR count). The minimum Gasteiger partial charge on any atom is -0.370 e. The van der Waals surface area contributed by atoms with Crippen LogP contribution in [0.4, 0.5) is 11.4 Å². The molecule has 2 aromatic heterocycles. The molecule has 4 nitrogen and oxygen atoms in total. The zero-order chi connectivity index (χ0) is 22.2. The molecule has 32 heavy (non-hydrogen) atoms. The highest BCUT2D eigenvalue weighted by Gasteiger charge is 2.41. The van der Waals surface area contributed by atoms with Crippen LogP contribution in [0, 0.1) is 12.8 Å². The minimum atomic E-state index is -0.0243. The number of aryl methyl sites for hydroxylation is 1. The van der Waals surface area contributed by atoms with Crippen LogP contribution in [0.15, 0.2) is 54.7 Å². The lowest BCUT2D eigenvalue weighted by Crippen LogP contribution is -2.33. The number of piperidine rings is 1. The van der Waals surface area contributed by atoms with Gasteiger partial charge in [0, 0.05) is 34.7 Å². The van der Waals surface area contributed by atoms with Gasteiger partial charge in [-0.05, 0) is 80.4 Å². The number of hydrogen-bond acceptors (Lipinski definition) is 4. The first kappa shape index (κ1) is 21.7. The van der Waals surface area contributed by atoms with E-state index in [-0.39, 0.29) is 12.1 Å². The Kier molecular flexibility index (Phi) is 6.10. The number of halogens is 1. The van der Waals surface area contributed by atoms with Crippen LogP contribution in [0.25, 0.3) is 0 Å². The van der Waals surface area contributed by atoms with Crippen molar-refractivity contribution in [1.29, 1.82) is 0 Å². The molecule has 2 aliphatic heterocycles. The molecule has 0 bridgehead atoms. The second-order valence-electron chi connectivity index (χ2n) is 8.75. The van der Waals surface area contributed by atoms with E-state index in [1.165, 1.54) is 22.6 Å². The van der Waals surface area contributed by atoms with Crippen molar-refractivity contribution < 1.29 is 0 Å². The average molecular weight is 483 g/mol. The Labute approximate surface area is 204 Å². The Morgan fingerprint density at radius 3 is 2.59 bits per heavy atom. The first-order valence-corrected chi connectivity index (χ1v) is 12.7. The molecule has 2 aliphatic rings. The standard InChI is InChI=1S/C25H27ClN4S2/c1-16-10-13-29(14-11-16)21-8-7-18(15-19(21)26)30-24(22-9-6-17(2)32-22)23(28-25(30)31)20-5-3-4-12-27-20/h3-9,12,15-16,23-24H,10-11,13-14H2,1-2H3,(H,28,31)/t23-,24+/m0/s1. The minimum absolute atomic E-state index is 0.0221. The van der Waals surface area contributed by atoms with Gasteiger partial charge in [-0.15, -0.1) is 11.3 Å². The molecule has 4 heterocycles. The highest BCUT2D eigenvalue weighted by molar-refractivity contribution is 7.80. The molecule has 2 fully saturated rings. The zero-order valence-corrected chi connectivity index (χ0v) is 20.7. The summed E-state index contributed by atoms with van der Waals surface area (Å²) in [6, 6.07) is 16.8. The predicted octanol–water partition coefficient (Wildman–Crippen LogP) is 6.52. The summed E-state index contributed by atoms with van der Waals surface area (Å²) in [4.78, 5) is 11.8. The van der Waals surface area contributed by atoms with Gasteiger partial charge in [0.15, 0.2) is 5.11 Å². The Morgan fingerprint density at radius 2 is 1.94 bits per heavy atom. The van der Waals surface area contributed by atoms with Gasteiger partial charge in [0.05, 0.1) is 28.5 Å². The van der Waals surface area contributed by atoms with Crippen molar-refractivity contribution in [2.24, 2.45) is 5.92 Å². The van der Waals surface area contributed by atoms with Gasteiger partial charge >= 0.3 is 0 Å². The van der Waals surface area contributed by atoms with Crippen molar-refractivity contribution in [3.05, 3.63) is 75.2 Å². The number of aromatic nitrogens is 1. The molecule has 3 aromatic rings. The summed E-state index contributed by atoms with van der Waals surface area (Å²) < 4.78 is 0. The fourth-order valence-corrected chi connectivity index (χ4v) is 6.33. The van der Waals surface area contributed by atoms with Crippen LogP contribution in [0.3, 0.4) is 0 Å². The van der Waals surface area contributed by atoms with E-state index in [4.69, 9.17) is 23.8 Å². The van der Waals surface area contributed by atoms with E-state index in [0.717, 1.165) is 41.1 Å². The van der Waals surface area contributed by atoms with Gasteiger partial charge in [-0.2, -0.15) is 0 Å². The van der Waals surface area contributed by atoms with E-state index in [9.17, 15) is 0 Å². The van der Waals surface area contributed by atoms with E-state index in [1.54, 1.807) is 11.3 Å². The number of nitrogens with zero attached hydrogens (tertiary/aromatic N) is 3. The maximum absolute atomic E-state index is 6.83. The summed E-state index contributed by atoms with van der Waals surface area (Å²) in [6.07, 6.45) is 4.26. The van der Waals surface area contributed by atoms with Crippen LogP contribution in [0.5, 0.6) is 0 Å². The molecule has 2 saturated heterocycles. The lowest BCUT2D eigenvalue weighted by molar-refractivity contribution is 0.438. The zero-order valence-electron chi connectivity index (χ0n) is 18.3. The van der Waals surface area contributed by atoms with Crippen molar-refractivity contribution >= 4 is 51.6 Å². The fourth-order valence-electron chi connectivity index (χ4n) is 4.69. The van der Waals surface area contributed by atoms with Crippen molar-refractivity contribution in [3.63, 3.8) is 0 Å². The second kappa shape index (κ2) is 9.00. The Bertz CT molecular complexity index is 1110. The molecule has 7 heteroatoms. The van der Waals surface area contributed by atoms with E-state index >= 15 is 0 Å². The topological polar surface area (TPSA) is 31.4 Å². The van der Waals surface area contributed by atoms with Crippen LogP contribution in [-0.4, -0.2) is 23.2 Å². The Balaban J connectivity index is 1.51. The van der Waals surface area contributed by atoms with E-state index in [2.05, 4.69) is 70.3 Å². The van der Waals surface area contributed by atoms with Crippen LogP contribution in [0.1, 0.15) is 47.3 Å². The van der Waals surface area contributed by atoms with E-state index < -0.39 is 0 Å². The maximum Gasteiger partial charge on any atom is 0.174 e. The molecule has 1 N–H and O–H groups in total. The first-order chi connectivity index (χ1) is 15.5. The van der Waals surface area contributed by atoms with Gasteiger partial charge in [0.1, 0.15) is 0 Å². The van der Waals surface area contributed by atoms with Crippen LogP contribution in [0.2, 0.25) is 5.02 Å². The number of benzene rings is 1. The van der Waals surface area contributed by atoms with Gasteiger partial charge in [-0.1, -0.05) is 24.6 Å². The second-order valence-corrected chi connectivity index (χ2v) is 10.9. The molecular weight excluding hydrogens is 456 g/mol. The van der Waals surface area contributed by atoms with Crippen LogP contribution in [-0.2, 0) is 0 Å². The third-order valence-electron chi connectivity index (χ3n) is 6.48. The van der Waals surface area contributed by atoms with Crippen molar-refractivity contribution in [3.8, 4) is 0 Å². The summed E-state index contributed by atoms with van der Waals surface area (Å²) >= 11 is 14.5. The lowest BCUT2D eigenvalue weighted by atomic mass is 9.98. The number of thiocarbonyl (C=S) groups is 1. The number of anilines is 2. The molecule has 166 valence electrons. The molecule has 0 saturated carbocycles. The monoisotopic (exact) mass is 482 g/mol. The third kappa shape index (κ3) is 4.12. The van der Waals surface area contributed by atoms with E-state index in [1.807, 2.05) is 18.3 Å². The molecule has 0 aliphatic carbocycles. The largest absolute Gasteiger partial charge is 0.370 e. The molecule has 0 unspecified atom stereocenters. The smallest absolute Gasteiger partial charge is 0.174 e. The molecule has 0 radical (unpaired) electrons. The van der Waals surface area contributed by atoms with Crippen molar-refractivity contribution in [2.45, 2.75) is 38.8 Å². The summed E-state index contributed by atoms with van der Waals surface area (Å²) in [5.41, 5.74) is 3.11. The number of rotatable bonds is 4. The SMILES string of the molecule is Cc1ccc([C@@H]2[C@H](c3ccccn3)NC(=S)N2c2ccc(N3CCC(C)CC3)c(Cl)c2)s1. The molecular formula is C25H27ClN4S2. The molecule has 0 spiro atoms. The fraction of sp³-hybridized carbons (Fsp3) is 0.360. The number of pyridine rings is 1. The molecule has 2 atom stereocenters. The average Bonchev–Trinajstić information content (AvgIpc) is 3.38. The highest BCUT2D eigenvalue weighted by Crippen LogP contribution is 2.45. The summed E-state index contributed by atoms with van der Waals surface area (Å²) in [5.74, 6) is 0.788. The summed E-state index contributed by atoms with van der Waals surface area (Å²) in [6.45, 7) is 6.58. The van der Waals surface area contributed by atoms with Gasteiger partial charge in [-0.3, -0.25) is 4.98 Å². The summed E-state index contributed by atoms with van der Waals surface area (Å²) in [7, 11) is 0. The van der Waals surface area contributed by atoms with E-state index in [0.29, 0.717) is 5.11 Å². The number of nitrogens with one attached hydrogen (secondary N) is 1. The molecule has 1 aromatic carbocycles. The van der Waals surface area contributed by atoms with Crippen molar-refractivity contribution in [2.75, 3.05) is 22.9 Å². The highest BCUT2D eigenvalue weighted by atomic mass is 35.5. The number of thiophene rings is 1. The van der Waals surface area contributed by atoms with Gasteiger partial charge < -0.3 is 15.1 Å². The third-order valence-corrected chi connectivity index (χ3v) is 8.17. The van der Waals surface area contributed by atoms with Gasteiger partial charge in [0.25, 0.3) is 0 Å². The van der Waals surface area contributed by atoms with Crippen LogP contribution >= 0.6 is 35.2 Å². The normalized spacial score (nSPS) is 21.8. The molecule has 0 amide bonds.